The van der Waals surface area contributed by atoms with Crippen molar-refractivity contribution < 1.29 is 24.5 Å². The summed E-state index contributed by atoms with van der Waals surface area (Å²) >= 11 is 0. The summed E-state index contributed by atoms with van der Waals surface area (Å²) in [5.74, 6) is -0.645. The molecule has 1 amide bonds. The zero-order chi connectivity index (χ0) is 41.7. The van der Waals surface area contributed by atoms with E-state index in [1.807, 2.05) is 6.08 Å². The van der Waals surface area contributed by atoms with E-state index in [0.29, 0.717) is 19.3 Å². The van der Waals surface area contributed by atoms with Crippen LogP contribution in [0.5, 0.6) is 0 Å². The number of ether oxygens (including phenoxy) is 1. The first-order valence-electron chi connectivity index (χ1n) is 23.7. The van der Waals surface area contributed by atoms with Gasteiger partial charge in [0.1, 0.15) is 6.10 Å². The molecule has 0 aromatic carbocycles. The molecular weight excluding hydrogens is 707 g/mol. The molecule has 6 heteroatoms. The van der Waals surface area contributed by atoms with Crippen LogP contribution in [0.25, 0.3) is 0 Å². The van der Waals surface area contributed by atoms with Gasteiger partial charge in [0, 0.05) is 6.42 Å². The van der Waals surface area contributed by atoms with E-state index in [-0.39, 0.29) is 24.9 Å². The lowest BCUT2D eigenvalue weighted by Gasteiger charge is -2.23. The Morgan fingerprint density at radius 2 is 1.02 bits per heavy atom. The fraction of sp³-hybridized carbons (Fsp3) is 0.725. The predicted octanol–water partition coefficient (Wildman–Crippen LogP) is 13.8. The lowest BCUT2D eigenvalue weighted by atomic mass is 10.0. The zero-order valence-corrected chi connectivity index (χ0v) is 37.2. The Labute approximate surface area is 351 Å². The molecule has 6 nitrogen and oxygen atoms in total. The van der Waals surface area contributed by atoms with Crippen molar-refractivity contribution in [2.24, 2.45) is 0 Å². The Morgan fingerprint density at radius 1 is 0.544 bits per heavy atom. The summed E-state index contributed by atoms with van der Waals surface area (Å²) in [6.45, 7) is 6.25. The van der Waals surface area contributed by atoms with Gasteiger partial charge in [0.15, 0.2) is 0 Å². The van der Waals surface area contributed by atoms with E-state index in [1.54, 1.807) is 6.08 Å². The third-order valence-electron chi connectivity index (χ3n) is 10.2. The van der Waals surface area contributed by atoms with E-state index in [4.69, 9.17) is 4.74 Å². The number of nitrogens with one attached hydrogen (secondary N) is 1. The molecule has 0 rings (SSSR count). The van der Waals surface area contributed by atoms with Gasteiger partial charge in [0.2, 0.25) is 5.91 Å². The maximum absolute atomic E-state index is 13.1. The molecule has 0 heterocycles. The number of carbonyl (C=O) groups is 2. The highest BCUT2D eigenvalue weighted by Gasteiger charge is 2.23. The highest BCUT2D eigenvalue weighted by atomic mass is 16.5. The van der Waals surface area contributed by atoms with Crippen LogP contribution in [0.2, 0.25) is 0 Å². The molecule has 0 radical (unpaired) electrons. The molecule has 57 heavy (non-hydrogen) atoms. The Morgan fingerprint density at radius 3 is 1.54 bits per heavy atom. The van der Waals surface area contributed by atoms with Crippen molar-refractivity contribution in [3.8, 4) is 0 Å². The van der Waals surface area contributed by atoms with E-state index in [9.17, 15) is 19.8 Å². The summed E-state index contributed by atoms with van der Waals surface area (Å²) in [5.41, 5.74) is 0. The van der Waals surface area contributed by atoms with Gasteiger partial charge in [-0.05, 0) is 70.3 Å². The Hall–Kier alpha value is -2.70. The number of aliphatic hydroxyl groups excluding tert-OH is 2. The van der Waals surface area contributed by atoms with Crippen LogP contribution < -0.4 is 5.32 Å². The fourth-order valence-corrected chi connectivity index (χ4v) is 6.69. The molecule has 0 aromatic heterocycles. The number of hydrogen-bond donors (Lipinski definition) is 3. The summed E-state index contributed by atoms with van der Waals surface area (Å²) in [4.78, 5) is 25.9. The Balaban J connectivity index is 4.73. The molecule has 328 valence electrons. The lowest BCUT2D eigenvalue weighted by molar-refractivity contribution is -0.148. The molecule has 0 aliphatic heterocycles. The number of amides is 1. The summed E-state index contributed by atoms with van der Waals surface area (Å²) in [5, 5.41) is 23.6. The molecule has 0 aromatic rings. The van der Waals surface area contributed by atoms with Crippen molar-refractivity contribution in [3.05, 3.63) is 72.9 Å². The van der Waals surface area contributed by atoms with E-state index >= 15 is 0 Å². The summed E-state index contributed by atoms with van der Waals surface area (Å²) in [7, 11) is 0. The number of aliphatic hydroxyl groups is 2. The van der Waals surface area contributed by atoms with Crippen LogP contribution in [0.3, 0.4) is 0 Å². The van der Waals surface area contributed by atoms with E-state index < -0.39 is 18.2 Å². The second-order valence-electron chi connectivity index (χ2n) is 15.8. The van der Waals surface area contributed by atoms with Crippen LogP contribution in [-0.4, -0.2) is 46.9 Å². The van der Waals surface area contributed by atoms with Crippen LogP contribution in [-0.2, 0) is 14.3 Å². The molecule has 3 atom stereocenters. The van der Waals surface area contributed by atoms with Crippen molar-refractivity contribution in [2.75, 3.05) is 6.61 Å². The maximum atomic E-state index is 13.1. The normalized spacial score (nSPS) is 14.0. The number of unbranched alkanes of at least 4 members (excludes halogenated alkanes) is 19. The Bertz CT molecular complexity index is 1070. The Kier molecular flexibility index (Phi) is 42.3. The van der Waals surface area contributed by atoms with E-state index in [0.717, 1.165) is 83.5 Å². The molecule has 0 aliphatic carbocycles. The largest absolute Gasteiger partial charge is 0.458 e. The second kappa shape index (κ2) is 44.4. The average molecular weight is 796 g/mol. The van der Waals surface area contributed by atoms with Gasteiger partial charge in [-0.15, -0.1) is 0 Å². The highest BCUT2D eigenvalue weighted by molar-refractivity contribution is 5.78. The van der Waals surface area contributed by atoms with Gasteiger partial charge in [-0.1, -0.05) is 203 Å². The summed E-state index contributed by atoms with van der Waals surface area (Å²) < 4.78 is 5.78. The van der Waals surface area contributed by atoms with E-state index in [2.05, 4.69) is 86.8 Å². The maximum Gasteiger partial charge on any atom is 0.306 e. The van der Waals surface area contributed by atoms with Crippen molar-refractivity contribution in [1.29, 1.82) is 0 Å². The second-order valence-corrected chi connectivity index (χ2v) is 15.8. The van der Waals surface area contributed by atoms with Gasteiger partial charge < -0.3 is 20.3 Å². The van der Waals surface area contributed by atoms with Crippen molar-refractivity contribution in [1.82, 2.24) is 5.32 Å². The molecule has 0 bridgehead atoms. The standard InChI is InChI=1S/C51H89NO5/c1-4-7-10-13-16-19-22-24-26-28-30-33-36-39-42-47(57-51(56)44-41-38-35-32-21-18-15-12-9-6-3)45-50(55)52-48(46-53)49(54)43-40-37-34-31-29-27-25-23-20-17-14-11-8-5-2/h7,10,12,15-16,19,24,26,30,33,39,42,47-49,53-54H,4-6,8-9,11,13-14,17-18,20-23,25,27-29,31-32,34-38,40-41,43-46H2,1-3H3,(H,52,55)/b10-7+,15-12-,19-16+,26-24+,33-30+,42-39+. The van der Waals surface area contributed by atoms with Crippen LogP contribution in [0.1, 0.15) is 213 Å². The van der Waals surface area contributed by atoms with Crippen LogP contribution in [0.4, 0.5) is 0 Å². The summed E-state index contributed by atoms with van der Waals surface area (Å²) in [6.07, 6.45) is 55.6. The van der Waals surface area contributed by atoms with Gasteiger partial charge in [0.25, 0.3) is 0 Å². The number of rotatable bonds is 41. The molecule has 0 saturated heterocycles. The van der Waals surface area contributed by atoms with Gasteiger partial charge in [-0.3, -0.25) is 9.59 Å². The summed E-state index contributed by atoms with van der Waals surface area (Å²) in [6, 6.07) is -0.744. The van der Waals surface area contributed by atoms with E-state index in [1.165, 1.54) is 83.5 Å². The quantitative estimate of drug-likeness (QED) is 0.0325. The van der Waals surface area contributed by atoms with Crippen LogP contribution >= 0.6 is 0 Å². The first-order chi connectivity index (χ1) is 28.0. The average Bonchev–Trinajstić information content (AvgIpc) is 3.20. The zero-order valence-electron chi connectivity index (χ0n) is 37.2. The van der Waals surface area contributed by atoms with Crippen LogP contribution in [0, 0.1) is 0 Å². The molecule has 3 N–H and O–H groups in total. The number of esters is 1. The van der Waals surface area contributed by atoms with Crippen molar-refractivity contribution in [3.63, 3.8) is 0 Å². The monoisotopic (exact) mass is 796 g/mol. The lowest BCUT2D eigenvalue weighted by Crippen LogP contribution is -2.46. The van der Waals surface area contributed by atoms with Gasteiger partial charge in [0.05, 0.1) is 25.2 Å². The number of allylic oxidation sites excluding steroid dienone is 11. The third kappa shape index (κ3) is 39.9. The minimum absolute atomic E-state index is 0.0515. The predicted molar refractivity (Wildman–Crippen MR) is 245 cm³/mol. The van der Waals surface area contributed by atoms with Gasteiger partial charge >= 0.3 is 5.97 Å². The minimum atomic E-state index is -0.821. The third-order valence-corrected chi connectivity index (χ3v) is 10.2. The minimum Gasteiger partial charge on any atom is -0.458 e. The molecule has 0 saturated carbocycles. The first-order valence-corrected chi connectivity index (χ1v) is 23.7. The van der Waals surface area contributed by atoms with Crippen molar-refractivity contribution >= 4 is 11.9 Å². The van der Waals surface area contributed by atoms with Gasteiger partial charge in [-0.2, -0.15) is 0 Å². The van der Waals surface area contributed by atoms with Crippen LogP contribution in [0.15, 0.2) is 72.9 Å². The topological polar surface area (TPSA) is 95.9 Å². The fourth-order valence-electron chi connectivity index (χ4n) is 6.69. The molecule has 0 aliphatic rings. The first kappa shape index (κ1) is 54.3. The smallest absolute Gasteiger partial charge is 0.306 e. The molecular formula is C51H89NO5. The SMILES string of the molecule is CC/C=C/C/C=C/C/C=C/C/C=C/C/C=C/C(CC(=O)NC(CO)C(O)CCCCCCCCCCCCCCCC)OC(=O)CCCCCCC/C=C\CCC. The number of hydrogen-bond acceptors (Lipinski definition) is 5. The van der Waals surface area contributed by atoms with Crippen molar-refractivity contribution in [2.45, 2.75) is 232 Å². The molecule has 0 spiro atoms. The molecule has 0 fully saturated rings. The molecule has 3 unspecified atom stereocenters. The van der Waals surface area contributed by atoms with Gasteiger partial charge in [-0.25, -0.2) is 0 Å². The highest BCUT2D eigenvalue weighted by Crippen LogP contribution is 2.15. The number of carbonyl (C=O) groups excluding carboxylic acids is 2.